The Morgan fingerprint density at radius 2 is 2.04 bits per heavy atom. The molecule has 0 aliphatic heterocycles. The summed E-state index contributed by atoms with van der Waals surface area (Å²) in [5.74, 6) is -1.14. The maximum Gasteiger partial charge on any atom is 0.348 e. The molecule has 2 N–H and O–H groups in total. The third-order valence-electron chi connectivity index (χ3n) is 3.76. The lowest BCUT2D eigenvalue weighted by Crippen LogP contribution is -2.42. The van der Waals surface area contributed by atoms with Gasteiger partial charge in [0.05, 0.1) is 18.3 Å². The third kappa shape index (κ3) is 4.91. The molecular formula is C17H22N4O5S. The van der Waals surface area contributed by atoms with Crippen LogP contribution in [0.2, 0.25) is 0 Å². The number of fused-ring (bicyclic) bond motifs is 1. The Labute approximate surface area is 159 Å². The molecular weight excluding hydrogens is 372 g/mol. The van der Waals surface area contributed by atoms with Gasteiger partial charge in [0.25, 0.3) is 5.56 Å². The van der Waals surface area contributed by atoms with Crippen LogP contribution in [0, 0.1) is 6.92 Å². The van der Waals surface area contributed by atoms with Crippen LogP contribution in [0.4, 0.5) is 4.79 Å². The number of carbonyl (C=O) groups is 3. The number of hydrogen-bond acceptors (Lipinski definition) is 7. The molecule has 0 aliphatic carbocycles. The lowest BCUT2D eigenvalue weighted by Gasteiger charge is -2.07. The average Bonchev–Trinajstić information content (AvgIpc) is 2.95. The summed E-state index contributed by atoms with van der Waals surface area (Å²) < 4.78 is 6.09. The molecule has 0 aromatic carbocycles. The molecule has 2 aromatic heterocycles. The van der Waals surface area contributed by atoms with Gasteiger partial charge in [0.15, 0.2) is 0 Å². The van der Waals surface area contributed by atoms with Crippen molar-refractivity contribution < 1.29 is 19.1 Å². The maximum atomic E-state index is 12.7. The van der Waals surface area contributed by atoms with E-state index in [0.717, 1.165) is 28.7 Å². The summed E-state index contributed by atoms with van der Waals surface area (Å²) in [7, 11) is 0. The van der Waals surface area contributed by atoms with Crippen molar-refractivity contribution in [1.82, 2.24) is 20.2 Å². The van der Waals surface area contributed by atoms with Crippen molar-refractivity contribution in [2.24, 2.45) is 0 Å². The van der Waals surface area contributed by atoms with Gasteiger partial charge in [-0.05, 0) is 25.8 Å². The van der Waals surface area contributed by atoms with E-state index in [1.54, 1.807) is 13.8 Å². The highest BCUT2D eigenvalue weighted by Crippen LogP contribution is 2.27. The highest BCUT2D eigenvalue weighted by Gasteiger charge is 2.21. The minimum absolute atomic E-state index is 0.227. The van der Waals surface area contributed by atoms with Gasteiger partial charge in [-0.1, -0.05) is 13.3 Å². The van der Waals surface area contributed by atoms with E-state index in [1.807, 2.05) is 6.92 Å². The Balaban J connectivity index is 2.18. The SMILES string of the molecule is CCCCNC(=O)NC(=O)Cn1cnc2sc(C(=O)OCC)c(C)c2c1=O. The molecule has 2 rings (SSSR count). The Hall–Kier alpha value is -2.75. The van der Waals surface area contributed by atoms with Crippen molar-refractivity contribution in [3.63, 3.8) is 0 Å². The quantitative estimate of drug-likeness (QED) is 0.543. The molecule has 27 heavy (non-hydrogen) atoms. The van der Waals surface area contributed by atoms with Crippen LogP contribution in [0.5, 0.6) is 0 Å². The minimum Gasteiger partial charge on any atom is -0.462 e. The number of urea groups is 1. The number of amides is 3. The number of aryl methyl sites for hydroxylation is 1. The summed E-state index contributed by atoms with van der Waals surface area (Å²) in [6.45, 7) is 5.66. The fourth-order valence-electron chi connectivity index (χ4n) is 2.41. The van der Waals surface area contributed by atoms with Crippen LogP contribution in [0.1, 0.15) is 41.9 Å². The first-order valence-corrected chi connectivity index (χ1v) is 9.44. The zero-order valence-corrected chi connectivity index (χ0v) is 16.3. The number of nitrogens with one attached hydrogen (secondary N) is 2. The van der Waals surface area contributed by atoms with E-state index >= 15 is 0 Å². The van der Waals surface area contributed by atoms with Gasteiger partial charge in [0.2, 0.25) is 5.91 Å². The third-order valence-corrected chi connectivity index (χ3v) is 4.94. The van der Waals surface area contributed by atoms with Gasteiger partial charge in [-0.25, -0.2) is 14.6 Å². The topological polar surface area (TPSA) is 119 Å². The smallest absolute Gasteiger partial charge is 0.348 e. The summed E-state index contributed by atoms with van der Waals surface area (Å²) in [6, 6.07) is -0.605. The first kappa shape index (κ1) is 20.6. The number of rotatable bonds is 7. The largest absolute Gasteiger partial charge is 0.462 e. The van der Waals surface area contributed by atoms with Gasteiger partial charge in [-0.2, -0.15) is 0 Å². The Kier molecular flexibility index (Phi) is 7.05. The number of carbonyl (C=O) groups excluding carboxylic acids is 3. The van der Waals surface area contributed by atoms with E-state index in [2.05, 4.69) is 15.6 Å². The number of hydrogen-bond donors (Lipinski definition) is 2. The molecule has 9 nitrogen and oxygen atoms in total. The molecule has 0 fully saturated rings. The van der Waals surface area contributed by atoms with Crippen LogP contribution >= 0.6 is 11.3 Å². The lowest BCUT2D eigenvalue weighted by atomic mass is 10.2. The van der Waals surface area contributed by atoms with Crippen molar-refractivity contribution in [2.75, 3.05) is 13.2 Å². The normalized spacial score (nSPS) is 10.6. The number of thiophene rings is 1. The Bertz CT molecular complexity index is 918. The number of esters is 1. The van der Waals surface area contributed by atoms with Gasteiger partial charge < -0.3 is 10.1 Å². The second kappa shape index (κ2) is 9.26. The molecule has 146 valence electrons. The van der Waals surface area contributed by atoms with E-state index in [1.165, 1.54) is 6.33 Å². The minimum atomic E-state index is -0.634. The molecule has 3 amide bonds. The van der Waals surface area contributed by atoms with Crippen LogP contribution in [0.25, 0.3) is 10.2 Å². The van der Waals surface area contributed by atoms with Crippen LogP contribution in [0.15, 0.2) is 11.1 Å². The number of nitrogens with zero attached hydrogens (tertiary/aromatic N) is 2. The van der Waals surface area contributed by atoms with E-state index in [-0.39, 0.29) is 18.5 Å². The van der Waals surface area contributed by atoms with E-state index < -0.39 is 23.5 Å². The Morgan fingerprint density at radius 3 is 2.70 bits per heavy atom. The first-order chi connectivity index (χ1) is 12.9. The first-order valence-electron chi connectivity index (χ1n) is 8.62. The van der Waals surface area contributed by atoms with Gasteiger partial charge in [0, 0.05) is 6.54 Å². The zero-order chi connectivity index (χ0) is 20.0. The second-order valence-electron chi connectivity index (χ2n) is 5.79. The fourth-order valence-corrected chi connectivity index (χ4v) is 3.44. The average molecular weight is 394 g/mol. The summed E-state index contributed by atoms with van der Waals surface area (Å²) >= 11 is 1.07. The maximum absolute atomic E-state index is 12.7. The number of imide groups is 1. The molecule has 2 heterocycles. The molecule has 0 saturated carbocycles. The van der Waals surface area contributed by atoms with E-state index in [4.69, 9.17) is 4.74 Å². The molecule has 0 bridgehead atoms. The predicted molar refractivity (Wildman–Crippen MR) is 101 cm³/mol. The van der Waals surface area contributed by atoms with Crippen molar-refractivity contribution in [2.45, 2.75) is 40.2 Å². The predicted octanol–water partition coefficient (Wildman–Crippen LogP) is 1.57. The van der Waals surface area contributed by atoms with Crippen molar-refractivity contribution in [3.8, 4) is 0 Å². The van der Waals surface area contributed by atoms with Crippen molar-refractivity contribution in [3.05, 3.63) is 27.1 Å². The van der Waals surface area contributed by atoms with Crippen LogP contribution in [0.3, 0.4) is 0 Å². The van der Waals surface area contributed by atoms with Crippen LogP contribution < -0.4 is 16.2 Å². The zero-order valence-electron chi connectivity index (χ0n) is 15.5. The highest BCUT2D eigenvalue weighted by atomic mass is 32.1. The second-order valence-corrected chi connectivity index (χ2v) is 6.79. The van der Waals surface area contributed by atoms with E-state index in [9.17, 15) is 19.2 Å². The molecule has 10 heteroatoms. The van der Waals surface area contributed by atoms with Gasteiger partial charge in [0.1, 0.15) is 16.3 Å². The monoisotopic (exact) mass is 394 g/mol. The fraction of sp³-hybridized carbons (Fsp3) is 0.471. The summed E-state index contributed by atoms with van der Waals surface area (Å²) in [5, 5.41) is 5.00. The van der Waals surface area contributed by atoms with Crippen molar-refractivity contribution in [1.29, 1.82) is 0 Å². The van der Waals surface area contributed by atoms with Gasteiger partial charge in [-0.3, -0.25) is 19.5 Å². The highest BCUT2D eigenvalue weighted by molar-refractivity contribution is 7.20. The van der Waals surface area contributed by atoms with Gasteiger partial charge >= 0.3 is 12.0 Å². The van der Waals surface area contributed by atoms with Crippen molar-refractivity contribution >= 4 is 39.5 Å². The molecule has 0 atom stereocenters. The van der Waals surface area contributed by atoms with Crippen LogP contribution in [-0.4, -0.2) is 40.6 Å². The number of aromatic nitrogens is 2. The summed E-state index contributed by atoms with van der Waals surface area (Å²) in [4.78, 5) is 53.1. The molecule has 2 aromatic rings. The van der Waals surface area contributed by atoms with Crippen LogP contribution in [-0.2, 0) is 16.1 Å². The standard InChI is InChI=1S/C17H22N4O5S/c1-4-6-7-18-17(25)20-11(22)8-21-9-19-14-12(15(21)23)10(3)13(27-14)16(24)26-5-2/h9H,4-8H2,1-3H3,(H2,18,20,22,25). The summed E-state index contributed by atoms with van der Waals surface area (Å²) in [5.41, 5.74) is 0.0175. The Morgan fingerprint density at radius 1 is 1.30 bits per heavy atom. The molecule has 0 spiro atoms. The molecule has 0 saturated heterocycles. The molecule has 0 radical (unpaired) electrons. The van der Waals surface area contributed by atoms with Gasteiger partial charge in [-0.15, -0.1) is 11.3 Å². The number of unbranched alkanes of at least 4 members (excludes halogenated alkanes) is 1. The van der Waals surface area contributed by atoms with E-state index in [0.29, 0.717) is 21.8 Å². The molecule has 0 unspecified atom stereocenters. The number of ether oxygens (including phenoxy) is 1. The summed E-state index contributed by atoms with van der Waals surface area (Å²) in [6.07, 6.45) is 2.95. The molecule has 0 aliphatic rings. The lowest BCUT2D eigenvalue weighted by molar-refractivity contribution is -0.120.